The van der Waals surface area contributed by atoms with Gasteiger partial charge in [0.1, 0.15) is 5.01 Å². The van der Waals surface area contributed by atoms with Gasteiger partial charge in [-0.05, 0) is 50.5 Å². The summed E-state index contributed by atoms with van der Waals surface area (Å²) in [4.78, 5) is 7.17. The lowest BCUT2D eigenvalue weighted by Crippen LogP contribution is -2.26. The molecule has 4 rings (SSSR count). The predicted octanol–water partition coefficient (Wildman–Crippen LogP) is 4.73. The van der Waals surface area contributed by atoms with Crippen LogP contribution < -0.4 is 0 Å². The smallest absolute Gasteiger partial charge is 0.288 e. The van der Waals surface area contributed by atoms with Crippen LogP contribution in [0, 0.1) is 4.84 Å². The molecule has 0 amide bonds. The van der Waals surface area contributed by atoms with Gasteiger partial charge in [-0.3, -0.25) is 4.90 Å². The second-order valence-electron chi connectivity index (χ2n) is 5.74. The fourth-order valence-corrected chi connectivity index (χ4v) is 3.75. The van der Waals surface area contributed by atoms with Gasteiger partial charge < -0.3 is 8.83 Å². The van der Waals surface area contributed by atoms with Gasteiger partial charge in [0, 0.05) is 0 Å². The van der Waals surface area contributed by atoms with E-state index in [4.69, 9.17) is 26.0 Å². The Morgan fingerprint density at radius 1 is 1.28 bits per heavy atom. The molecule has 0 aliphatic heterocycles. The number of fused-ring (bicyclic) bond motifs is 1. The second kappa shape index (κ2) is 6.55. The maximum atomic E-state index is 5.53. The van der Waals surface area contributed by atoms with Crippen molar-refractivity contribution >= 4 is 33.8 Å². The van der Waals surface area contributed by atoms with Crippen molar-refractivity contribution in [3.05, 3.63) is 52.5 Å². The highest BCUT2D eigenvalue weighted by molar-refractivity contribution is 7.71. The number of aromatic nitrogens is 3. The van der Waals surface area contributed by atoms with E-state index in [1.165, 1.54) is 4.70 Å². The van der Waals surface area contributed by atoms with Crippen molar-refractivity contribution in [1.29, 1.82) is 0 Å². The normalized spacial score (nSPS) is 12.9. The van der Waals surface area contributed by atoms with Crippen LogP contribution in [0.15, 0.2) is 51.5 Å². The molecule has 1 atom stereocenters. The van der Waals surface area contributed by atoms with Crippen molar-refractivity contribution < 1.29 is 8.83 Å². The molecule has 0 aliphatic rings. The third-order valence-corrected chi connectivity index (χ3v) is 5.52. The minimum absolute atomic E-state index is 0.128. The third-order valence-electron chi connectivity index (χ3n) is 4.02. The number of para-hydroxylation sites is 1. The van der Waals surface area contributed by atoms with Crippen LogP contribution in [0.1, 0.15) is 18.0 Å². The molecule has 3 heterocycles. The first kappa shape index (κ1) is 16.2. The van der Waals surface area contributed by atoms with Crippen LogP contribution in [0.25, 0.3) is 21.9 Å². The Labute approximate surface area is 153 Å². The molecule has 25 heavy (non-hydrogen) atoms. The maximum absolute atomic E-state index is 5.53. The fourth-order valence-electron chi connectivity index (χ4n) is 2.49. The number of furan rings is 1. The van der Waals surface area contributed by atoms with E-state index in [1.54, 1.807) is 34.4 Å². The zero-order valence-corrected chi connectivity index (χ0v) is 15.4. The Morgan fingerprint density at radius 2 is 2.12 bits per heavy atom. The van der Waals surface area contributed by atoms with E-state index in [9.17, 15) is 0 Å². The van der Waals surface area contributed by atoms with Crippen molar-refractivity contribution in [2.45, 2.75) is 19.6 Å². The Kier molecular flexibility index (Phi) is 4.24. The molecule has 0 unspecified atom stereocenters. The highest BCUT2D eigenvalue weighted by Gasteiger charge is 2.18. The molecule has 0 bridgehead atoms. The van der Waals surface area contributed by atoms with Gasteiger partial charge in [-0.1, -0.05) is 12.1 Å². The number of thiazole rings is 1. The van der Waals surface area contributed by atoms with Crippen LogP contribution in [0.5, 0.6) is 0 Å². The van der Waals surface area contributed by atoms with Crippen LogP contribution in [-0.4, -0.2) is 26.7 Å². The molecule has 0 N–H and O–H groups in total. The molecule has 8 heteroatoms. The zero-order valence-electron chi connectivity index (χ0n) is 13.7. The number of hydrogen-bond donors (Lipinski definition) is 0. The summed E-state index contributed by atoms with van der Waals surface area (Å²) in [5.74, 6) is 0.947. The number of benzene rings is 1. The summed E-state index contributed by atoms with van der Waals surface area (Å²) in [6.45, 7) is 2.62. The lowest BCUT2D eigenvalue weighted by atomic mass is 10.3. The van der Waals surface area contributed by atoms with Crippen molar-refractivity contribution in [3.8, 4) is 11.7 Å². The van der Waals surface area contributed by atoms with E-state index in [-0.39, 0.29) is 6.04 Å². The first-order chi connectivity index (χ1) is 12.1. The topological polar surface area (TPSA) is 60.2 Å². The number of hydrogen-bond acceptors (Lipinski definition) is 7. The Balaban J connectivity index is 1.55. The zero-order chi connectivity index (χ0) is 17.4. The van der Waals surface area contributed by atoms with E-state index in [0.29, 0.717) is 23.2 Å². The van der Waals surface area contributed by atoms with Crippen LogP contribution in [0.4, 0.5) is 0 Å². The minimum atomic E-state index is 0.128. The number of rotatable bonds is 5. The highest BCUT2D eigenvalue weighted by atomic mass is 32.1. The Morgan fingerprint density at radius 3 is 2.88 bits per heavy atom. The lowest BCUT2D eigenvalue weighted by Gasteiger charge is -2.22. The summed E-state index contributed by atoms with van der Waals surface area (Å²) in [5, 5.41) is 5.46. The first-order valence-corrected chi connectivity index (χ1v) is 9.02. The summed E-state index contributed by atoms with van der Waals surface area (Å²) >= 11 is 6.98. The van der Waals surface area contributed by atoms with Crippen molar-refractivity contribution in [1.82, 2.24) is 19.7 Å². The minimum Gasteiger partial charge on any atom is -0.459 e. The number of nitrogens with zero attached hydrogens (tertiary/aromatic N) is 4. The molecule has 0 saturated heterocycles. The molecule has 0 saturated carbocycles. The molecule has 0 radical (unpaired) electrons. The maximum Gasteiger partial charge on any atom is 0.288 e. The summed E-state index contributed by atoms with van der Waals surface area (Å²) < 4.78 is 13.7. The molecular weight excluding hydrogens is 356 g/mol. The molecule has 0 fully saturated rings. The van der Waals surface area contributed by atoms with Gasteiger partial charge in [0.05, 0.1) is 29.2 Å². The van der Waals surface area contributed by atoms with Crippen molar-refractivity contribution in [3.63, 3.8) is 0 Å². The van der Waals surface area contributed by atoms with Crippen LogP contribution in [-0.2, 0) is 6.67 Å². The van der Waals surface area contributed by atoms with E-state index < -0.39 is 0 Å². The molecular formula is C17H16N4O2S2. The van der Waals surface area contributed by atoms with E-state index >= 15 is 0 Å². The van der Waals surface area contributed by atoms with E-state index in [2.05, 4.69) is 23.0 Å². The Bertz CT molecular complexity index is 1020. The highest BCUT2D eigenvalue weighted by Crippen LogP contribution is 2.29. The van der Waals surface area contributed by atoms with Gasteiger partial charge in [0.2, 0.25) is 0 Å². The average Bonchev–Trinajstić information content (AvgIpc) is 3.33. The van der Waals surface area contributed by atoms with Crippen molar-refractivity contribution in [2.75, 3.05) is 7.05 Å². The van der Waals surface area contributed by atoms with Gasteiger partial charge >= 0.3 is 0 Å². The molecule has 3 aromatic heterocycles. The molecule has 0 aliphatic carbocycles. The predicted molar refractivity (Wildman–Crippen MR) is 98.8 cm³/mol. The van der Waals surface area contributed by atoms with Gasteiger partial charge in [0.25, 0.3) is 10.7 Å². The van der Waals surface area contributed by atoms with Crippen LogP contribution >= 0.6 is 23.6 Å². The van der Waals surface area contributed by atoms with Crippen LogP contribution in [0.2, 0.25) is 0 Å². The fraction of sp³-hybridized carbons (Fsp3) is 0.235. The second-order valence-corrected chi connectivity index (χ2v) is 7.16. The SMILES string of the molecule is C[C@@H](c1nc2ccccc2s1)N(C)Cn1nc(-c2ccco2)oc1=S. The van der Waals surface area contributed by atoms with Gasteiger partial charge in [-0.25, -0.2) is 9.67 Å². The quantitative estimate of drug-likeness (QED) is 0.472. The molecule has 6 nitrogen and oxygen atoms in total. The first-order valence-electron chi connectivity index (χ1n) is 7.79. The third kappa shape index (κ3) is 3.15. The summed E-state index contributed by atoms with van der Waals surface area (Å²) in [5.41, 5.74) is 1.03. The van der Waals surface area contributed by atoms with Crippen LogP contribution in [0.3, 0.4) is 0 Å². The monoisotopic (exact) mass is 372 g/mol. The van der Waals surface area contributed by atoms with Gasteiger partial charge in [-0.15, -0.1) is 16.4 Å². The molecule has 4 aromatic rings. The van der Waals surface area contributed by atoms with E-state index in [1.807, 2.05) is 25.2 Å². The summed E-state index contributed by atoms with van der Waals surface area (Å²) in [6, 6.07) is 11.9. The van der Waals surface area contributed by atoms with Gasteiger partial charge in [-0.2, -0.15) is 0 Å². The standard InChI is InChI=1S/C17H16N4O2S2/c1-11(16-18-12-6-3-4-8-14(12)25-16)20(2)10-21-17(24)23-15(19-21)13-7-5-9-22-13/h3-9,11H,10H2,1-2H3/t11-/m0/s1. The Hall–Kier alpha value is -2.29. The summed E-state index contributed by atoms with van der Waals surface area (Å²) in [7, 11) is 2.01. The average molecular weight is 372 g/mol. The largest absolute Gasteiger partial charge is 0.459 e. The molecule has 0 spiro atoms. The lowest BCUT2D eigenvalue weighted by molar-refractivity contribution is 0.192. The van der Waals surface area contributed by atoms with Crippen molar-refractivity contribution in [2.24, 2.45) is 0 Å². The summed E-state index contributed by atoms with van der Waals surface area (Å²) in [6.07, 6.45) is 1.58. The molecule has 1 aromatic carbocycles. The van der Waals surface area contributed by atoms with E-state index in [0.717, 1.165) is 10.5 Å². The van der Waals surface area contributed by atoms with Gasteiger partial charge in [0.15, 0.2) is 5.76 Å². The molecule has 128 valence electrons.